The smallest absolute Gasteiger partial charge is 0.0529 e. The third kappa shape index (κ3) is 4.78. The number of benzene rings is 9. The number of rotatable bonds is 3. The standard InChI is InChI=1S/C56H46N2/c1-55(2)46-25-9-11-29-50(46)57(5)53-42(23-15-27-48(53)55)38-19-13-21-40-44(38)34-45-39(20-14-22-41(45)52(40)37-32-31-35-17-7-8-18-36(35)33-37)43-24-16-28-49-54(43)58(6)51-30-12-10-26-47(51)56(49,3)4/h7-34H,1-6H3. The van der Waals surface area contributed by atoms with Gasteiger partial charge in [0.1, 0.15) is 0 Å². The maximum Gasteiger partial charge on any atom is 0.0529 e. The zero-order valence-corrected chi connectivity index (χ0v) is 34.1. The summed E-state index contributed by atoms with van der Waals surface area (Å²) < 4.78 is 0. The SMILES string of the molecule is CN1c2ccccc2C(C)(C)c2cccc(-c3cccc4c(-c5ccc6ccccc6c5)c5cccc(-c6cccc7c6N(C)c6ccccc6C7(C)C)c5cc34)c21. The summed E-state index contributed by atoms with van der Waals surface area (Å²) in [6.07, 6.45) is 0. The van der Waals surface area contributed by atoms with E-state index in [0.717, 1.165) is 0 Å². The predicted molar refractivity (Wildman–Crippen MR) is 249 cm³/mol. The van der Waals surface area contributed by atoms with Crippen LogP contribution in [0.2, 0.25) is 0 Å². The van der Waals surface area contributed by atoms with Crippen molar-refractivity contribution >= 4 is 55.1 Å². The van der Waals surface area contributed by atoms with Crippen LogP contribution < -0.4 is 9.80 Å². The summed E-state index contributed by atoms with van der Waals surface area (Å²) >= 11 is 0. The van der Waals surface area contributed by atoms with Crippen molar-refractivity contribution in [2.75, 3.05) is 23.9 Å². The Bertz CT molecular complexity index is 2990. The minimum Gasteiger partial charge on any atom is -0.344 e. The van der Waals surface area contributed by atoms with Gasteiger partial charge in [-0.1, -0.05) is 173 Å². The van der Waals surface area contributed by atoms with Crippen LogP contribution in [0.1, 0.15) is 49.9 Å². The minimum atomic E-state index is -0.153. The first-order valence-corrected chi connectivity index (χ1v) is 20.6. The number of para-hydroxylation sites is 4. The number of hydrogen-bond donors (Lipinski definition) is 0. The van der Waals surface area contributed by atoms with E-state index in [0.29, 0.717) is 0 Å². The van der Waals surface area contributed by atoms with E-state index in [1.807, 2.05) is 0 Å². The molecule has 2 nitrogen and oxygen atoms in total. The van der Waals surface area contributed by atoms with Crippen molar-refractivity contribution in [3.8, 4) is 33.4 Å². The van der Waals surface area contributed by atoms with Gasteiger partial charge in [-0.05, 0) is 101 Å². The largest absolute Gasteiger partial charge is 0.344 e. The molecule has 0 fully saturated rings. The lowest BCUT2D eigenvalue weighted by Gasteiger charge is -2.41. The molecule has 0 spiro atoms. The first-order chi connectivity index (χ1) is 28.1. The second kappa shape index (κ2) is 12.4. The Hall–Kier alpha value is -6.64. The molecule has 2 aliphatic heterocycles. The summed E-state index contributed by atoms with van der Waals surface area (Å²) in [5.74, 6) is 0. The van der Waals surface area contributed by atoms with Gasteiger partial charge in [0, 0.05) is 47.4 Å². The molecule has 58 heavy (non-hydrogen) atoms. The molecule has 280 valence electrons. The molecular weight excluding hydrogens is 701 g/mol. The number of hydrogen-bond acceptors (Lipinski definition) is 2. The van der Waals surface area contributed by atoms with Crippen molar-refractivity contribution in [3.63, 3.8) is 0 Å². The Morgan fingerprint density at radius 3 is 1.31 bits per heavy atom. The maximum absolute atomic E-state index is 2.50. The van der Waals surface area contributed by atoms with Crippen LogP contribution in [-0.2, 0) is 10.8 Å². The Kier molecular flexibility index (Phi) is 7.41. The lowest BCUT2D eigenvalue weighted by molar-refractivity contribution is 0.630. The first kappa shape index (κ1) is 34.6. The highest BCUT2D eigenvalue weighted by molar-refractivity contribution is 6.20. The van der Waals surface area contributed by atoms with Gasteiger partial charge in [-0.3, -0.25) is 0 Å². The van der Waals surface area contributed by atoms with Crippen molar-refractivity contribution in [2.24, 2.45) is 0 Å². The predicted octanol–water partition coefficient (Wildman–Crippen LogP) is 15.0. The Labute approximate surface area is 341 Å². The molecule has 0 aromatic heterocycles. The van der Waals surface area contributed by atoms with Gasteiger partial charge in [0.15, 0.2) is 0 Å². The van der Waals surface area contributed by atoms with Gasteiger partial charge in [0.05, 0.1) is 11.4 Å². The van der Waals surface area contributed by atoms with Crippen LogP contribution in [0.4, 0.5) is 22.7 Å². The summed E-state index contributed by atoms with van der Waals surface area (Å²) in [4.78, 5) is 4.85. The fourth-order valence-electron chi connectivity index (χ4n) is 10.7. The van der Waals surface area contributed by atoms with Gasteiger partial charge in [0.2, 0.25) is 0 Å². The van der Waals surface area contributed by atoms with E-state index in [9.17, 15) is 0 Å². The van der Waals surface area contributed by atoms with Gasteiger partial charge in [-0.2, -0.15) is 0 Å². The van der Waals surface area contributed by atoms with Crippen LogP contribution in [0.3, 0.4) is 0 Å². The molecule has 0 radical (unpaired) electrons. The fourth-order valence-corrected chi connectivity index (χ4v) is 10.7. The highest BCUT2D eigenvalue weighted by Crippen LogP contribution is 2.55. The molecule has 2 aliphatic rings. The Balaban J connectivity index is 1.24. The molecule has 0 bridgehead atoms. The molecule has 0 unspecified atom stereocenters. The third-order valence-electron chi connectivity index (χ3n) is 13.6. The van der Waals surface area contributed by atoms with Crippen molar-refractivity contribution in [3.05, 3.63) is 192 Å². The molecule has 0 atom stereocenters. The molecule has 2 heteroatoms. The highest BCUT2D eigenvalue weighted by Gasteiger charge is 2.38. The highest BCUT2D eigenvalue weighted by atomic mass is 15.1. The van der Waals surface area contributed by atoms with Gasteiger partial charge >= 0.3 is 0 Å². The van der Waals surface area contributed by atoms with E-state index in [2.05, 4.69) is 221 Å². The van der Waals surface area contributed by atoms with Crippen molar-refractivity contribution < 1.29 is 0 Å². The van der Waals surface area contributed by atoms with E-state index in [4.69, 9.17) is 0 Å². The lowest BCUT2D eigenvalue weighted by Crippen LogP contribution is -2.31. The summed E-state index contributed by atoms with van der Waals surface area (Å²) in [6, 6.07) is 63.8. The van der Waals surface area contributed by atoms with E-state index in [-0.39, 0.29) is 10.8 Å². The molecular formula is C56H46N2. The first-order valence-electron chi connectivity index (χ1n) is 20.6. The molecule has 0 saturated carbocycles. The van der Waals surface area contributed by atoms with E-state index in [1.54, 1.807) is 0 Å². The zero-order chi connectivity index (χ0) is 39.5. The van der Waals surface area contributed by atoms with E-state index < -0.39 is 0 Å². The second-order valence-corrected chi connectivity index (χ2v) is 17.4. The van der Waals surface area contributed by atoms with Gasteiger partial charge in [-0.15, -0.1) is 0 Å². The summed E-state index contributed by atoms with van der Waals surface area (Å²) in [5.41, 5.74) is 17.7. The summed E-state index contributed by atoms with van der Waals surface area (Å²) in [6.45, 7) is 9.50. The number of anilines is 4. The molecule has 0 aliphatic carbocycles. The van der Waals surface area contributed by atoms with Crippen LogP contribution in [0.5, 0.6) is 0 Å². The van der Waals surface area contributed by atoms with Crippen LogP contribution in [0.25, 0.3) is 65.7 Å². The molecule has 0 saturated heterocycles. The summed E-state index contributed by atoms with van der Waals surface area (Å²) in [7, 11) is 4.48. The average Bonchev–Trinajstić information content (AvgIpc) is 3.26. The number of nitrogens with zero attached hydrogens (tertiary/aromatic N) is 2. The fraction of sp³-hybridized carbons (Fsp3) is 0.143. The quantitative estimate of drug-likeness (QED) is 0.166. The van der Waals surface area contributed by atoms with Crippen LogP contribution >= 0.6 is 0 Å². The molecule has 2 heterocycles. The van der Waals surface area contributed by atoms with Gasteiger partial charge < -0.3 is 9.80 Å². The van der Waals surface area contributed by atoms with E-state index in [1.165, 1.54) is 111 Å². The van der Waals surface area contributed by atoms with Crippen LogP contribution in [-0.4, -0.2) is 14.1 Å². The number of fused-ring (bicyclic) bond motifs is 7. The minimum absolute atomic E-state index is 0.153. The average molecular weight is 747 g/mol. The molecule has 0 N–H and O–H groups in total. The molecule has 9 aromatic rings. The maximum atomic E-state index is 2.50. The van der Waals surface area contributed by atoms with E-state index >= 15 is 0 Å². The zero-order valence-electron chi connectivity index (χ0n) is 34.1. The van der Waals surface area contributed by atoms with Gasteiger partial charge in [0.25, 0.3) is 0 Å². The monoisotopic (exact) mass is 746 g/mol. The molecule has 0 amide bonds. The van der Waals surface area contributed by atoms with Gasteiger partial charge in [-0.25, -0.2) is 0 Å². The lowest BCUT2D eigenvalue weighted by atomic mass is 9.72. The summed E-state index contributed by atoms with van der Waals surface area (Å²) in [5, 5.41) is 7.53. The van der Waals surface area contributed by atoms with Crippen LogP contribution in [0, 0.1) is 0 Å². The molecule has 9 aromatic carbocycles. The van der Waals surface area contributed by atoms with Crippen molar-refractivity contribution in [1.82, 2.24) is 0 Å². The Morgan fingerprint density at radius 1 is 0.345 bits per heavy atom. The van der Waals surface area contributed by atoms with Crippen LogP contribution in [0.15, 0.2) is 170 Å². The molecule has 11 rings (SSSR count). The van der Waals surface area contributed by atoms with Crippen molar-refractivity contribution in [2.45, 2.75) is 38.5 Å². The third-order valence-corrected chi connectivity index (χ3v) is 13.6. The normalized spacial score (nSPS) is 14.9. The topological polar surface area (TPSA) is 6.48 Å². The Morgan fingerprint density at radius 2 is 0.776 bits per heavy atom. The second-order valence-electron chi connectivity index (χ2n) is 17.4. The van der Waals surface area contributed by atoms with Crippen molar-refractivity contribution in [1.29, 1.82) is 0 Å².